The van der Waals surface area contributed by atoms with Crippen LogP contribution < -0.4 is 5.32 Å². The summed E-state index contributed by atoms with van der Waals surface area (Å²) in [6.07, 6.45) is 0.114. The van der Waals surface area contributed by atoms with Gasteiger partial charge in [0.05, 0.1) is 6.42 Å². The first-order valence-electron chi connectivity index (χ1n) is 7.31. The summed E-state index contributed by atoms with van der Waals surface area (Å²) in [6, 6.07) is 9.78. The van der Waals surface area contributed by atoms with Crippen molar-refractivity contribution in [3.05, 3.63) is 47.8 Å². The standard InChI is InChI=1S/C16H18N6O/c1-10-17-13(21-20-10)9-14(23)19-16-15(18-11(2)22(16)3)12-7-5-4-6-8-12/h4-8H,9H2,1-3H3,(H,19,23)(H,17,20,21). The molecule has 2 heterocycles. The summed E-state index contributed by atoms with van der Waals surface area (Å²) in [4.78, 5) is 21.0. The van der Waals surface area contributed by atoms with Crippen LogP contribution in [0.5, 0.6) is 0 Å². The van der Waals surface area contributed by atoms with Gasteiger partial charge in [0.25, 0.3) is 0 Å². The normalized spacial score (nSPS) is 10.7. The number of aromatic amines is 1. The van der Waals surface area contributed by atoms with Gasteiger partial charge in [0.2, 0.25) is 5.91 Å². The zero-order chi connectivity index (χ0) is 16.4. The van der Waals surface area contributed by atoms with Crippen LogP contribution >= 0.6 is 0 Å². The van der Waals surface area contributed by atoms with Gasteiger partial charge in [0, 0.05) is 12.6 Å². The Labute approximate surface area is 133 Å². The van der Waals surface area contributed by atoms with Crippen LogP contribution in [-0.4, -0.2) is 30.6 Å². The summed E-state index contributed by atoms with van der Waals surface area (Å²) >= 11 is 0. The Hall–Kier alpha value is -2.96. The third-order valence-corrected chi connectivity index (χ3v) is 3.59. The zero-order valence-electron chi connectivity index (χ0n) is 13.3. The van der Waals surface area contributed by atoms with Gasteiger partial charge < -0.3 is 9.88 Å². The maximum Gasteiger partial charge on any atom is 0.233 e. The molecule has 0 atom stereocenters. The molecule has 0 unspecified atom stereocenters. The van der Waals surface area contributed by atoms with E-state index in [0.717, 1.165) is 17.1 Å². The van der Waals surface area contributed by atoms with E-state index in [1.54, 1.807) is 6.92 Å². The fourth-order valence-corrected chi connectivity index (χ4v) is 2.34. The maximum atomic E-state index is 12.3. The first-order chi connectivity index (χ1) is 11.0. The molecule has 118 valence electrons. The van der Waals surface area contributed by atoms with Crippen molar-refractivity contribution in [3.63, 3.8) is 0 Å². The highest BCUT2D eigenvalue weighted by Crippen LogP contribution is 2.27. The van der Waals surface area contributed by atoms with Gasteiger partial charge in [-0.05, 0) is 13.8 Å². The molecule has 0 saturated carbocycles. The number of nitrogens with one attached hydrogen (secondary N) is 2. The van der Waals surface area contributed by atoms with Crippen molar-refractivity contribution in [2.75, 3.05) is 5.32 Å². The quantitative estimate of drug-likeness (QED) is 0.771. The highest BCUT2D eigenvalue weighted by atomic mass is 16.1. The minimum Gasteiger partial charge on any atom is -0.318 e. The summed E-state index contributed by atoms with van der Waals surface area (Å²) < 4.78 is 1.86. The Bertz CT molecular complexity index is 834. The number of aromatic nitrogens is 5. The van der Waals surface area contributed by atoms with E-state index in [9.17, 15) is 4.79 Å². The molecule has 0 spiro atoms. The molecule has 1 aromatic carbocycles. The number of nitrogens with zero attached hydrogens (tertiary/aromatic N) is 4. The van der Waals surface area contributed by atoms with E-state index >= 15 is 0 Å². The smallest absolute Gasteiger partial charge is 0.233 e. The van der Waals surface area contributed by atoms with Crippen LogP contribution in [0.4, 0.5) is 5.82 Å². The van der Waals surface area contributed by atoms with E-state index in [-0.39, 0.29) is 12.3 Å². The number of rotatable bonds is 4. The number of aryl methyl sites for hydroxylation is 2. The number of imidazole rings is 1. The molecule has 3 rings (SSSR count). The molecule has 0 fully saturated rings. The van der Waals surface area contributed by atoms with Gasteiger partial charge >= 0.3 is 0 Å². The predicted molar refractivity (Wildman–Crippen MR) is 86.8 cm³/mol. The topological polar surface area (TPSA) is 88.5 Å². The minimum atomic E-state index is -0.177. The Morgan fingerprint density at radius 1 is 1.22 bits per heavy atom. The number of carbonyl (C=O) groups excluding carboxylic acids is 1. The lowest BCUT2D eigenvalue weighted by Gasteiger charge is -2.08. The minimum absolute atomic E-state index is 0.114. The van der Waals surface area contributed by atoms with Crippen molar-refractivity contribution in [3.8, 4) is 11.3 Å². The Kier molecular flexibility index (Phi) is 3.92. The number of carbonyl (C=O) groups is 1. The molecule has 2 N–H and O–H groups in total. The zero-order valence-corrected chi connectivity index (χ0v) is 13.3. The maximum absolute atomic E-state index is 12.3. The summed E-state index contributed by atoms with van der Waals surface area (Å²) in [6.45, 7) is 3.70. The molecule has 0 aliphatic heterocycles. The van der Waals surface area contributed by atoms with Gasteiger partial charge in [-0.15, -0.1) is 0 Å². The summed E-state index contributed by atoms with van der Waals surface area (Å²) in [5.74, 6) is 2.48. The Morgan fingerprint density at radius 3 is 2.61 bits per heavy atom. The third kappa shape index (κ3) is 3.13. The van der Waals surface area contributed by atoms with Crippen LogP contribution in [0.3, 0.4) is 0 Å². The van der Waals surface area contributed by atoms with E-state index in [1.165, 1.54) is 0 Å². The fraction of sp³-hybridized carbons (Fsp3) is 0.250. The highest BCUT2D eigenvalue weighted by Gasteiger charge is 2.17. The largest absolute Gasteiger partial charge is 0.318 e. The van der Waals surface area contributed by atoms with Crippen LogP contribution in [0.25, 0.3) is 11.3 Å². The number of hydrogen-bond acceptors (Lipinski definition) is 4. The fourth-order valence-electron chi connectivity index (χ4n) is 2.34. The molecule has 0 aliphatic carbocycles. The molecular formula is C16H18N6O. The number of amides is 1. The lowest BCUT2D eigenvalue weighted by molar-refractivity contribution is -0.115. The van der Waals surface area contributed by atoms with Crippen molar-refractivity contribution >= 4 is 11.7 Å². The molecule has 0 saturated heterocycles. The molecule has 7 heteroatoms. The molecule has 0 aliphatic rings. The van der Waals surface area contributed by atoms with Gasteiger partial charge in [-0.25, -0.2) is 9.97 Å². The SMILES string of the molecule is Cc1nc(CC(=O)Nc2c(-c3ccccc3)nc(C)n2C)n[nH]1. The van der Waals surface area contributed by atoms with Gasteiger partial charge in [-0.1, -0.05) is 30.3 Å². The molecule has 7 nitrogen and oxygen atoms in total. The number of H-pyrrole nitrogens is 1. The van der Waals surface area contributed by atoms with Crippen molar-refractivity contribution in [1.29, 1.82) is 0 Å². The molecule has 1 amide bonds. The van der Waals surface area contributed by atoms with Crippen LogP contribution in [0, 0.1) is 13.8 Å². The van der Waals surface area contributed by atoms with Gasteiger partial charge in [0.15, 0.2) is 5.82 Å². The number of hydrogen-bond donors (Lipinski definition) is 2. The van der Waals surface area contributed by atoms with Crippen molar-refractivity contribution in [1.82, 2.24) is 24.7 Å². The highest BCUT2D eigenvalue weighted by molar-refractivity contribution is 5.94. The van der Waals surface area contributed by atoms with Crippen molar-refractivity contribution < 1.29 is 4.79 Å². The second-order valence-electron chi connectivity index (χ2n) is 5.34. The number of anilines is 1. The summed E-state index contributed by atoms with van der Waals surface area (Å²) in [5.41, 5.74) is 1.71. The first kappa shape index (κ1) is 15.0. The van der Waals surface area contributed by atoms with E-state index in [2.05, 4.69) is 25.5 Å². The second kappa shape index (κ2) is 6.04. The average molecular weight is 310 g/mol. The van der Waals surface area contributed by atoms with E-state index in [4.69, 9.17) is 0 Å². The van der Waals surface area contributed by atoms with E-state index in [0.29, 0.717) is 17.5 Å². The Balaban J connectivity index is 1.86. The van der Waals surface area contributed by atoms with E-state index < -0.39 is 0 Å². The lowest BCUT2D eigenvalue weighted by Crippen LogP contribution is -2.18. The van der Waals surface area contributed by atoms with Crippen LogP contribution in [0.2, 0.25) is 0 Å². The summed E-state index contributed by atoms with van der Waals surface area (Å²) in [7, 11) is 1.88. The average Bonchev–Trinajstić information content (AvgIpc) is 3.06. The van der Waals surface area contributed by atoms with Crippen LogP contribution in [0.15, 0.2) is 30.3 Å². The molecule has 23 heavy (non-hydrogen) atoms. The van der Waals surface area contributed by atoms with Gasteiger partial charge in [0.1, 0.15) is 23.2 Å². The molecule has 3 aromatic rings. The second-order valence-corrected chi connectivity index (χ2v) is 5.34. The lowest BCUT2D eigenvalue weighted by atomic mass is 10.1. The molecule has 0 radical (unpaired) electrons. The summed E-state index contributed by atoms with van der Waals surface area (Å²) in [5, 5.41) is 9.64. The van der Waals surface area contributed by atoms with Gasteiger partial charge in [-0.3, -0.25) is 9.89 Å². The number of benzene rings is 1. The third-order valence-electron chi connectivity index (χ3n) is 3.59. The first-order valence-corrected chi connectivity index (χ1v) is 7.31. The monoisotopic (exact) mass is 310 g/mol. The van der Waals surface area contributed by atoms with Crippen LogP contribution in [-0.2, 0) is 18.3 Å². The van der Waals surface area contributed by atoms with Gasteiger partial charge in [-0.2, -0.15) is 5.10 Å². The van der Waals surface area contributed by atoms with Crippen LogP contribution in [0.1, 0.15) is 17.5 Å². The molecule has 0 bridgehead atoms. The van der Waals surface area contributed by atoms with Crippen molar-refractivity contribution in [2.24, 2.45) is 7.05 Å². The van der Waals surface area contributed by atoms with E-state index in [1.807, 2.05) is 48.9 Å². The predicted octanol–water partition coefficient (Wildman–Crippen LogP) is 2.00. The molecular weight excluding hydrogens is 292 g/mol. The van der Waals surface area contributed by atoms with Crippen molar-refractivity contribution in [2.45, 2.75) is 20.3 Å². The molecule has 2 aromatic heterocycles. The Morgan fingerprint density at radius 2 is 1.96 bits per heavy atom.